The van der Waals surface area contributed by atoms with Crippen molar-refractivity contribution in [1.82, 2.24) is 0 Å². The molecule has 4 nitrogen and oxygen atoms in total. The van der Waals surface area contributed by atoms with Gasteiger partial charge in [-0.2, -0.15) is 0 Å². The minimum absolute atomic E-state index is 0.0652. The van der Waals surface area contributed by atoms with Crippen LogP contribution in [0.15, 0.2) is 12.1 Å². The zero-order chi connectivity index (χ0) is 13.0. The van der Waals surface area contributed by atoms with Gasteiger partial charge in [0.25, 0.3) is 0 Å². The van der Waals surface area contributed by atoms with Crippen molar-refractivity contribution in [2.45, 2.75) is 12.5 Å². The quantitative estimate of drug-likeness (QED) is 0.804. The molecule has 0 saturated heterocycles. The van der Waals surface area contributed by atoms with E-state index in [0.717, 1.165) is 19.2 Å². The zero-order valence-electron chi connectivity index (χ0n) is 9.50. The molecular weight excluding hydrogens is 232 g/mol. The smallest absolute Gasteiger partial charge is 0.322 e. The maximum Gasteiger partial charge on any atom is 0.322 e. The summed E-state index contributed by atoms with van der Waals surface area (Å²) in [7, 11) is 2.46. The number of rotatable bonds is 4. The van der Waals surface area contributed by atoms with Gasteiger partial charge in [-0.1, -0.05) is 0 Å². The van der Waals surface area contributed by atoms with E-state index >= 15 is 0 Å². The Kier molecular flexibility index (Phi) is 4.39. The highest BCUT2D eigenvalue weighted by Crippen LogP contribution is 2.21. The molecule has 0 aliphatic rings. The number of ether oxygens (including phenoxy) is 2. The summed E-state index contributed by atoms with van der Waals surface area (Å²) in [6, 6.07) is 0.961. The zero-order valence-corrected chi connectivity index (χ0v) is 9.50. The van der Waals surface area contributed by atoms with E-state index in [-0.39, 0.29) is 17.7 Å². The molecule has 1 unspecified atom stereocenters. The molecule has 0 heterocycles. The van der Waals surface area contributed by atoms with Gasteiger partial charge in [0.2, 0.25) is 0 Å². The number of carbonyl (C=O) groups excluding carboxylic acids is 1. The lowest BCUT2D eigenvalue weighted by atomic mass is 10.1. The lowest BCUT2D eigenvalue weighted by molar-refractivity contribution is -0.142. The Balaban J connectivity index is 2.95. The van der Waals surface area contributed by atoms with Crippen LogP contribution in [-0.4, -0.2) is 26.2 Å². The van der Waals surface area contributed by atoms with Crippen LogP contribution in [0.4, 0.5) is 8.78 Å². The number of hydrogen-bond donors (Lipinski definition) is 1. The summed E-state index contributed by atoms with van der Waals surface area (Å²) >= 11 is 0. The largest absolute Gasteiger partial charge is 0.497 e. The first-order valence-corrected chi connectivity index (χ1v) is 4.85. The fraction of sp³-hybridized carbons (Fsp3) is 0.364. The van der Waals surface area contributed by atoms with Crippen molar-refractivity contribution >= 4 is 5.97 Å². The normalized spacial score (nSPS) is 12.1. The van der Waals surface area contributed by atoms with Gasteiger partial charge < -0.3 is 15.2 Å². The minimum Gasteiger partial charge on any atom is -0.497 e. The van der Waals surface area contributed by atoms with Gasteiger partial charge in [0.1, 0.15) is 23.4 Å². The van der Waals surface area contributed by atoms with Crippen LogP contribution in [0, 0.1) is 11.6 Å². The Morgan fingerprint density at radius 3 is 2.29 bits per heavy atom. The van der Waals surface area contributed by atoms with Gasteiger partial charge in [0.15, 0.2) is 0 Å². The van der Waals surface area contributed by atoms with E-state index in [4.69, 9.17) is 10.5 Å². The van der Waals surface area contributed by atoms with Crippen LogP contribution in [0.1, 0.15) is 5.56 Å². The molecule has 0 saturated carbocycles. The summed E-state index contributed by atoms with van der Waals surface area (Å²) in [4.78, 5) is 11.0. The van der Waals surface area contributed by atoms with Crippen LogP contribution >= 0.6 is 0 Å². The molecule has 0 aromatic heterocycles. The van der Waals surface area contributed by atoms with E-state index in [1.54, 1.807) is 0 Å². The van der Waals surface area contributed by atoms with E-state index in [9.17, 15) is 13.6 Å². The summed E-state index contributed by atoms with van der Waals surface area (Å²) in [6.07, 6.45) is -0.270. The summed E-state index contributed by atoms with van der Waals surface area (Å²) in [5.41, 5.74) is 5.17. The summed E-state index contributed by atoms with van der Waals surface area (Å²) in [5.74, 6) is -2.27. The van der Waals surface area contributed by atoms with Gasteiger partial charge in [-0.25, -0.2) is 8.78 Å². The number of carbonyl (C=O) groups is 1. The molecule has 0 radical (unpaired) electrons. The summed E-state index contributed by atoms with van der Waals surface area (Å²) in [6.45, 7) is 0. The van der Waals surface area contributed by atoms with Crippen LogP contribution in [0.3, 0.4) is 0 Å². The van der Waals surface area contributed by atoms with Gasteiger partial charge in [-0.05, 0) is 0 Å². The highest BCUT2D eigenvalue weighted by atomic mass is 19.1. The van der Waals surface area contributed by atoms with Crippen LogP contribution in [0.2, 0.25) is 0 Å². The molecule has 1 rings (SSSR count). The molecule has 6 heteroatoms. The molecule has 0 fully saturated rings. The molecule has 2 N–H and O–H groups in total. The van der Waals surface area contributed by atoms with Crippen molar-refractivity contribution in [1.29, 1.82) is 0 Å². The Labute approximate surface area is 97.3 Å². The number of benzene rings is 1. The van der Waals surface area contributed by atoms with Crippen molar-refractivity contribution in [3.8, 4) is 5.75 Å². The van der Waals surface area contributed by atoms with E-state index in [2.05, 4.69) is 4.74 Å². The predicted molar refractivity (Wildman–Crippen MR) is 56.6 cm³/mol. The maximum absolute atomic E-state index is 13.5. The van der Waals surface area contributed by atoms with E-state index in [0.29, 0.717) is 0 Å². The van der Waals surface area contributed by atoms with Crippen LogP contribution < -0.4 is 10.5 Å². The molecule has 1 aromatic carbocycles. The molecule has 94 valence electrons. The van der Waals surface area contributed by atoms with Crippen LogP contribution in [-0.2, 0) is 16.0 Å². The standard InChI is InChI=1S/C11H13F2NO3/c1-16-6-3-8(12)7(9(13)4-6)5-10(14)11(15)17-2/h3-4,10H,5,14H2,1-2H3. The molecule has 0 spiro atoms. The molecule has 0 aliphatic carbocycles. The SMILES string of the molecule is COC(=O)C(N)Cc1c(F)cc(OC)cc1F. The number of hydrogen-bond acceptors (Lipinski definition) is 4. The monoisotopic (exact) mass is 245 g/mol. The number of esters is 1. The first-order chi connectivity index (χ1) is 7.99. The summed E-state index contributed by atoms with van der Waals surface area (Å²) in [5, 5.41) is 0. The van der Waals surface area contributed by atoms with Gasteiger partial charge in [-0.15, -0.1) is 0 Å². The Morgan fingerprint density at radius 1 is 1.35 bits per heavy atom. The fourth-order valence-electron chi connectivity index (χ4n) is 1.35. The maximum atomic E-state index is 13.5. The minimum atomic E-state index is -1.10. The fourth-order valence-corrected chi connectivity index (χ4v) is 1.35. The highest BCUT2D eigenvalue weighted by molar-refractivity contribution is 5.75. The molecular formula is C11H13F2NO3. The Morgan fingerprint density at radius 2 is 1.88 bits per heavy atom. The van der Waals surface area contributed by atoms with Crippen molar-refractivity contribution in [3.05, 3.63) is 29.3 Å². The first kappa shape index (κ1) is 13.4. The van der Waals surface area contributed by atoms with Crippen molar-refractivity contribution in [2.24, 2.45) is 5.73 Å². The molecule has 0 aliphatic heterocycles. The van der Waals surface area contributed by atoms with Crippen molar-refractivity contribution in [2.75, 3.05) is 14.2 Å². The van der Waals surface area contributed by atoms with E-state index in [1.807, 2.05) is 0 Å². The second-order valence-electron chi connectivity index (χ2n) is 3.40. The average Bonchev–Trinajstić information content (AvgIpc) is 2.31. The first-order valence-electron chi connectivity index (χ1n) is 4.85. The average molecular weight is 245 g/mol. The number of nitrogens with two attached hydrogens (primary N) is 1. The van der Waals surface area contributed by atoms with Crippen LogP contribution in [0.25, 0.3) is 0 Å². The third-order valence-corrected chi connectivity index (χ3v) is 2.28. The van der Waals surface area contributed by atoms with E-state index < -0.39 is 23.6 Å². The second kappa shape index (κ2) is 5.58. The molecule has 0 bridgehead atoms. The molecule has 0 amide bonds. The molecule has 1 aromatic rings. The lowest BCUT2D eigenvalue weighted by Crippen LogP contribution is -2.34. The second-order valence-corrected chi connectivity index (χ2v) is 3.40. The van der Waals surface area contributed by atoms with Gasteiger partial charge >= 0.3 is 5.97 Å². The predicted octanol–water partition coefficient (Wildman–Crippen LogP) is 1.02. The van der Waals surface area contributed by atoms with Gasteiger partial charge in [-0.3, -0.25) is 4.79 Å². The third-order valence-electron chi connectivity index (χ3n) is 2.28. The lowest BCUT2D eigenvalue weighted by Gasteiger charge is -2.11. The van der Waals surface area contributed by atoms with Gasteiger partial charge in [0, 0.05) is 24.1 Å². The van der Waals surface area contributed by atoms with Gasteiger partial charge in [0.05, 0.1) is 14.2 Å². The van der Waals surface area contributed by atoms with Crippen molar-refractivity contribution in [3.63, 3.8) is 0 Å². The highest BCUT2D eigenvalue weighted by Gasteiger charge is 2.20. The number of halogens is 2. The molecule has 17 heavy (non-hydrogen) atoms. The van der Waals surface area contributed by atoms with E-state index in [1.165, 1.54) is 7.11 Å². The van der Waals surface area contributed by atoms with Crippen molar-refractivity contribution < 1.29 is 23.0 Å². The topological polar surface area (TPSA) is 61.5 Å². The van der Waals surface area contributed by atoms with Crippen LogP contribution in [0.5, 0.6) is 5.75 Å². The Bertz CT molecular complexity index is 400. The summed E-state index contributed by atoms with van der Waals surface area (Å²) < 4.78 is 36.1. The number of methoxy groups -OCH3 is 2. The molecule has 1 atom stereocenters. The third kappa shape index (κ3) is 3.13. The Hall–Kier alpha value is -1.69.